The predicted octanol–water partition coefficient (Wildman–Crippen LogP) is 1.27. The second-order valence-corrected chi connectivity index (χ2v) is 5.71. The van der Waals surface area contributed by atoms with Crippen LogP contribution in [0.5, 0.6) is 5.75 Å². The molecule has 1 aromatic carbocycles. The topological polar surface area (TPSA) is 93.4 Å². The second-order valence-electron chi connectivity index (χ2n) is 5.71. The predicted molar refractivity (Wildman–Crippen MR) is 84.6 cm³/mol. The number of carbonyl (C=O) groups excluding carboxylic acids is 2. The van der Waals surface area contributed by atoms with E-state index in [2.05, 4.69) is 17.6 Å². The Morgan fingerprint density at radius 1 is 1.36 bits per heavy atom. The lowest BCUT2D eigenvalue weighted by Gasteiger charge is -2.27. The van der Waals surface area contributed by atoms with Gasteiger partial charge in [-0.25, -0.2) is 0 Å². The Kier molecular flexibility index (Phi) is 5.77. The number of benzene rings is 1. The highest BCUT2D eigenvalue weighted by molar-refractivity contribution is 5.94. The van der Waals surface area contributed by atoms with Crippen LogP contribution < -0.4 is 21.1 Å². The van der Waals surface area contributed by atoms with Gasteiger partial charge in [-0.05, 0) is 49.6 Å². The van der Waals surface area contributed by atoms with E-state index in [1.54, 1.807) is 24.3 Å². The van der Waals surface area contributed by atoms with Crippen LogP contribution in [-0.4, -0.2) is 31.0 Å². The number of anilines is 1. The summed E-state index contributed by atoms with van der Waals surface area (Å²) in [4.78, 5) is 22.8. The number of hydrogen-bond donors (Lipinski definition) is 3. The maximum absolute atomic E-state index is 12.2. The van der Waals surface area contributed by atoms with Gasteiger partial charge in [0.25, 0.3) is 0 Å². The fraction of sp³-hybridized carbons (Fsp3) is 0.500. The molecule has 1 aromatic rings. The standard InChI is InChI=1S/C16H23N3O3/c1-11-6-8-18-14(10-11)16(21)19-12-2-4-13(5-3-12)22-9-7-15(17)20/h2-5,11,14,18H,6-10H2,1H3,(H2,17,20)(H,19,21). The molecule has 1 fully saturated rings. The molecule has 0 aliphatic carbocycles. The first-order valence-electron chi connectivity index (χ1n) is 7.60. The first-order valence-corrected chi connectivity index (χ1v) is 7.60. The molecule has 2 atom stereocenters. The van der Waals surface area contributed by atoms with Crippen molar-refractivity contribution in [3.63, 3.8) is 0 Å². The minimum absolute atomic E-state index is 0.00560. The highest BCUT2D eigenvalue weighted by Crippen LogP contribution is 2.19. The molecule has 22 heavy (non-hydrogen) atoms. The highest BCUT2D eigenvalue weighted by Gasteiger charge is 2.24. The van der Waals surface area contributed by atoms with Gasteiger partial charge >= 0.3 is 0 Å². The molecule has 1 saturated heterocycles. The average Bonchev–Trinajstić information content (AvgIpc) is 2.48. The molecule has 1 heterocycles. The van der Waals surface area contributed by atoms with Crippen LogP contribution in [0.4, 0.5) is 5.69 Å². The maximum Gasteiger partial charge on any atom is 0.241 e. The van der Waals surface area contributed by atoms with Crippen molar-refractivity contribution >= 4 is 17.5 Å². The number of hydrogen-bond acceptors (Lipinski definition) is 4. The molecule has 0 aromatic heterocycles. The van der Waals surface area contributed by atoms with Crippen molar-refractivity contribution in [3.05, 3.63) is 24.3 Å². The van der Waals surface area contributed by atoms with Crippen molar-refractivity contribution in [2.45, 2.75) is 32.2 Å². The Morgan fingerprint density at radius 3 is 2.73 bits per heavy atom. The number of ether oxygens (including phenoxy) is 1. The normalized spacial score (nSPS) is 21.1. The van der Waals surface area contributed by atoms with Crippen molar-refractivity contribution in [2.75, 3.05) is 18.5 Å². The average molecular weight is 305 g/mol. The van der Waals surface area contributed by atoms with Crippen molar-refractivity contribution in [1.29, 1.82) is 0 Å². The minimum atomic E-state index is -0.391. The molecular formula is C16H23N3O3. The van der Waals surface area contributed by atoms with Crippen LogP contribution in [0.2, 0.25) is 0 Å². The lowest BCUT2D eigenvalue weighted by atomic mass is 9.94. The van der Waals surface area contributed by atoms with Gasteiger partial charge in [-0.1, -0.05) is 6.92 Å². The smallest absolute Gasteiger partial charge is 0.241 e. The number of carbonyl (C=O) groups is 2. The number of nitrogens with one attached hydrogen (secondary N) is 2. The van der Waals surface area contributed by atoms with Gasteiger partial charge < -0.3 is 21.1 Å². The molecule has 2 amide bonds. The first kappa shape index (κ1) is 16.3. The summed E-state index contributed by atoms with van der Waals surface area (Å²) in [6.07, 6.45) is 2.16. The fourth-order valence-corrected chi connectivity index (χ4v) is 2.44. The summed E-state index contributed by atoms with van der Waals surface area (Å²) in [5.74, 6) is 0.814. The third-order valence-electron chi connectivity index (χ3n) is 3.72. The molecule has 4 N–H and O–H groups in total. The van der Waals surface area contributed by atoms with Crippen molar-refractivity contribution in [1.82, 2.24) is 5.32 Å². The second kappa shape index (κ2) is 7.79. The molecule has 6 heteroatoms. The van der Waals surface area contributed by atoms with Crippen molar-refractivity contribution in [3.8, 4) is 5.75 Å². The van der Waals surface area contributed by atoms with E-state index in [1.165, 1.54) is 0 Å². The van der Waals surface area contributed by atoms with Gasteiger partial charge in [0.2, 0.25) is 11.8 Å². The SMILES string of the molecule is CC1CCNC(C(=O)Nc2ccc(OCCC(N)=O)cc2)C1. The maximum atomic E-state index is 12.2. The number of piperidine rings is 1. The van der Waals surface area contributed by atoms with Gasteiger partial charge in [0, 0.05) is 5.69 Å². The molecule has 1 aliphatic rings. The number of nitrogens with two attached hydrogens (primary N) is 1. The molecule has 0 bridgehead atoms. The Bertz CT molecular complexity index is 516. The van der Waals surface area contributed by atoms with Crippen molar-refractivity contribution in [2.24, 2.45) is 11.7 Å². The molecule has 6 nitrogen and oxygen atoms in total. The number of amides is 2. The zero-order valence-electron chi connectivity index (χ0n) is 12.8. The van der Waals surface area contributed by atoms with Crippen LogP contribution in [0.3, 0.4) is 0 Å². The summed E-state index contributed by atoms with van der Waals surface area (Å²) in [6.45, 7) is 3.30. The quantitative estimate of drug-likeness (QED) is 0.738. The summed E-state index contributed by atoms with van der Waals surface area (Å²) in [6, 6.07) is 6.95. The zero-order chi connectivity index (χ0) is 15.9. The van der Waals surface area contributed by atoms with E-state index in [0.29, 0.717) is 11.7 Å². The third-order valence-corrected chi connectivity index (χ3v) is 3.72. The van der Waals surface area contributed by atoms with E-state index in [9.17, 15) is 9.59 Å². The number of rotatable bonds is 6. The first-order chi connectivity index (χ1) is 10.5. The number of primary amides is 1. The van der Waals surface area contributed by atoms with E-state index in [-0.39, 0.29) is 25.0 Å². The van der Waals surface area contributed by atoms with Crippen LogP contribution in [0.25, 0.3) is 0 Å². The van der Waals surface area contributed by atoms with Gasteiger partial charge in [-0.15, -0.1) is 0 Å². The molecule has 0 spiro atoms. The van der Waals surface area contributed by atoms with Crippen LogP contribution in [0.15, 0.2) is 24.3 Å². The Balaban J connectivity index is 1.82. The van der Waals surface area contributed by atoms with Gasteiger partial charge in [0.15, 0.2) is 0 Å². The lowest BCUT2D eigenvalue weighted by Crippen LogP contribution is -2.45. The van der Waals surface area contributed by atoms with Gasteiger partial charge in [-0.3, -0.25) is 9.59 Å². The third kappa shape index (κ3) is 5.04. The molecule has 0 radical (unpaired) electrons. The summed E-state index contributed by atoms with van der Waals surface area (Å²) >= 11 is 0. The Labute approximate surface area is 130 Å². The molecule has 120 valence electrons. The van der Waals surface area contributed by atoms with Crippen LogP contribution in [-0.2, 0) is 9.59 Å². The molecule has 2 rings (SSSR count). The minimum Gasteiger partial charge on any atom is -0.493 e. The van der Waals surface area contributed by atoms with E-state index >= 15 is 0 Å². The largest absolute Gasteiger partial charge is 0.493 e. The molecular weight excluding hydrogens is 282 g/mol. The Hall–Kier alpha value is -2.08. The zero-order valence-corrected chi connectivity index (χ0v) is 12.8. The van der Waals surface area contributed by atoms with Crippen LogP contribution >= 0.6 is 0 Å². The highest BCUT2D eigenvalue weighted by atomic mass is 16.5. The fourth-order valence-electron chi connectivity index (χ4n) is 2.44. The molecule has 0 saturated carbocycles. The van der Waals surface area contributed by atoms with Crippen LogP contribution in [0, 0.1) is 5.92 Å². The van der Waals surface area contributed by atoms with Crippen LogP contribution in [0.1, 0.15) is 26.2 Å². The molecule has 1 aliphatic heterocycles. The van der Waals surface area contributed by atoms with Gasteiger partial charge in [0.1, 0.15) is 5.75 Å². The lowest BCUT2D eigenvalue weighted by molar-refractivity contribution is -0.119. The summed E-state index contributed by atoms with van der Waals surface area (Å²) in [5, 5.41) is 6.14. The summed E-state index contributed by atoms with van der Waals surface area (Å²) in [7, 11) is 0. The van der Waals surface area contributed by atoms with Gasteiger partial charge in [0.05, 0.1) is 19.1 Å². The van der Waals surface area contributed by atoms with E-state index in [4.69, 9.17) is 10.5 Å². The monoisotopic (exact) mass is 305 g/mol. The van der Waals surface area contributed by atoms with E-state index < -0.39 is 5.91 Å². The van der Waals surface area contributed by atoms with Gasteiger partial charge in [-0.2, -0.15) is 0 Å². The summed E-state index contributed by atoms with van der Waals surface area (Å²) < 4.78 is 5.38. The Morgan fingerprint density at radius 2 is 2.09 bits per heavy atom. The summed E-state index contributed by atoms with van der Waals surface area (Å²) in [5.41, 5.74) is 5.77. The molecule has 2 unspecified atom stereocenters. The van der Waals surface area contributed by atoms with E-state index in [0.717, 1.165) is 25.1 Å². The van der Waals surface area contributed by atoms with Crippen molar-refractivity contribution < 1.29 is 14.3 Å². The van der Waals surface area contributed by atoms with E-state index in [1.807, 2.05) is 0 Å².